The standard InChI is InChI=1S/C19H18N6O5/c1-23(2)11-24-15-6-4-3-5-14(15)16(19(24)28)21-22-18(27)17(26)20-12-7-9-13(10-8-12)25(29)30/h3-10,28H,11H2,1-2H3,(H,20,26). The molecule has 11 heteroatoms. The van der Waals surface area contributed by atoms with Gasteiger partial charge in [0.15, 0.2) is 5.69 Å². The van der Waals surface area contributed by atoms with E-state index in [2.05, 4.69) is 15.5 Å². The van der Waals surface area contributed by atoms with E-state index < -0.39 is 16.7 Å². The first-order valence-electron chi connectivity index (χ1n) is 8.74. The van der Waals surface area contributed by atoms with Gasteiger partial charge < -0.3 is 10.4 Å². The molecule has 0 unspecified atom stereocenters. The smallest absolute Gasteiger partial charge is 0.353 e. The van der Waals surface area contributed by atoms with E-state index in [0.717, 1.165) is 0 Å². The number of nitrogens with zero attached hydrogens (tertiary/aromatic N) is 5. The van der Waals surface area contributed by atoms with Crippen LogP contribution >= 0.6 is 0 Å². The molecule has 154 valence electrons. The highest BCUT2D eigenvalue weighted by Gasteiger charge is 2.19. The molecule has 3 aromatic rings. The molecule has 0 aliphatic carbocycles. The van der Waals surface area contributed by atoms with Gasteiger partial charge in [-0.15, -0.1) is 10.2 Å². The third-order valence-electron chi connectivity index (χ3n) is 4.11. The van der Waals surface area contributed by atoms with Gasteiger partial charge in [-0.1, -0.05) is 18.2 Å². The lowest BCUT2D eigenvalue weighted by Gasteiger charge is -2.12. The third kappa shape index (κ3) is 4.31. The molecule has 1 heterocycles. The van der Waals surface area contributed by atoms with Gasteiger partial charge in [-0.2, -0.15) is 0 Å². The molecule has 30 heavy (non-hydrogen) atoms. The lowest BCUT2D eigenvalue weighted by molar-refractivity contribution is -0.384. The second-order valence-corrected chi connectivity index (χ2v) is 6.60. The summed E-state index contributed by atoms with van der Waals surface area (Å²) < 4.78 is 1.60. The van der Waals surface area contributed by atoms with Crippen LogP contribution in [0.25, 0.3) is 10.9 Å². The highest BCUT2D eigenvalue weighted by Crippen LogP contribution is 2.38. The Hall–Kier alpha value is -4.12. The van der Waals surface area contributed by atoms with Gasteiger partial charge in [0.2, 0.25) is 5.88 Å². The highest BCUT2D eigenvalue weighted by atomic mass is 16.6. The van der Waals surface area contributed by atoms with Gasteiger partial charge in [-0.3, -0.25) is 29.2 Å². The van der Waals surface area contributed by atoms with E-state index in [1.807, 2.05) is 19.0 Å². The van der Waals surface area contributed by atoms with Crippen molar-refractivity contribution in [3.8, 4) is 5.88 Å². The number of carbonyl (C=O) groups is 2. The van der Waals surface area contributed by atoms with Crippen molar-refractivity contribution in [2.75, 3.05) is 19.4 Å². The van der Waals surface area contributed by atoms with Crippen molar-refractivity contribution in [3.05, 3.63) is 58.6 Å². The van der Waals surface area contributed by atoms with Gasteiger partial charge in [0.25, 0.3) is 5.69 Å². The summed E-state index contributed by atoms with van der Waals surface area (Å²) in [5.41, 5.74) is 0.813. The normalized spacial score (nSPS) is 11.3. The van der Waals surface area contributed by atoms with E-state index >= 15 is 0 Å². The zero-order valence-electron chi connectivity index (χ0n) is 16.1. The van der Waals surface area contributed by atoms with Gasteiger partial charge in [-0.05, 0) is 32.3 Å². The topological polar surface area (TPSA) is 142 Å². The number of benzene rings is 2. The lowest BCUT2D eigenvalue weighted by Crippen LogP contribution is -2.20. The van der Waals surface area contributed by atoms with Crippen LogP contribution in [0.3, 0.4) is 0 Å². The number of rotatable bonds is 5. The van der Waals surface area contributed by atoms with Crippen LogP contribution in [0.2, 0.25) is 0 Å². The van der Waals surface area contributed by atoms with Crippen molar-refractivity contribution in [2.45, 2.75) is 6.67 Å². The summed E-state index contributed by atoms with van der Waals surface area (Å²) in [5, 5.41) is 31.3. The number of azo groups is 1. The molecular weight excluding hydrogens is 392 g/mol. The van der Waals surface area contributed by atoms with Crippen molar-refractivity contribution in [2.24, 2.45) is 10.2 Å². The maximum absolute atomic E-state index is 12.1. The number of nitro groups is 1. The first-order chi connectivity index (χ1) is 14.3. The monoisotopic (exact) mass is 410 g/mol. The zero-order valence-corrected chi connectivity index (χ0v) is 16.1. The fraction of sp³-hybridized carbons (Fsp3) is 0.158. The average molecular weight is 410 g/mol. The number of amides is 2. The van der Waals surface area contributed by atoms with E-state index in [1.165, 1.54) is 24.3 Å². The Bertz CT molecular complexity index is 1150. The minimum Gasteiger partial charge on any atom is -0.493 e. The molecule has 11 nitrogen and oxygen atoms in total. The van der Waals surface area contributed by atoms with Crippen molar-refractivity contribution in [1.29, 1.82) is 0 Å². The molecule has 1 aromatic heterocycles. The summed E-state index contributed by atoms with van der Waals surface area (Å²) in [7, 11) is 3.67. The van der Waals surface area contributed by atoms with Crippen molar-refractivity contribution in [3.63, 3.8) is 0 Å². The largest absolute Gasteiger partial charge is 0.493 e. The number of hydrogen-bond acceptors (Lipinski definition) is 7. The summed E-state index contributed by atoms with van der Waals surface area (Å²) in [4.78, 5) is 36.0. The number of para-hydroxylation sites is 1. The Balaban J connectivity index is 1.80. The second kappa shape index (κ2) is 8.49. The molecule has 0 fully saturated rings. The fourth-order valence-corrected chi connectivity index (χ4v) is 2.79. The maximum atomic E-state index is 12.1. The zero-order chi connectivity index (χ0) is 21.8. The number of carbonyl (C=O) groups excluding carboxylic acids is 2. The average Bonchev–Trinajstić information content (AvgIpc) is 2.97. The van der Waals surface area contributed by atoms with E-state index in [9.17, 15) is 24.8 Å². The summed E-state index contributed by atoms with van der Waals surface area (Å²) in [5.74, 6) is -2.43. The summed E-state index contributed by atoms with van der Waals surface area (Å²) in [6.07, 6.45) is 0. The Morgan fingerprint density at radius 2 is 1.83 bits per heavy atom. The van der Waals surface area contributed by atoms with Gasteiger partial charge in [0.1, 0.15) is 0 Å². The van der Waals surface area contributed by atoms with Crippen LogP contribution in [0, 0.1) is 10.1 Å². The van der Waals surface area contributed by atoms with Crippen LogP contribution in [0.15, 0.2) is 58.8 Å². The Labute approximate surface area is 170 Å². The molecule has 0 aliphatic rings. The van der Waals surface area contributed by atoms with Crippen molar-refractivity contribution < 1.29 is 19.6 Å². The minimum atomic E-state index is -1.18. The Morgan fingerprint density at radius 3 is 2.47 bits per heavy atom. The lowest BCUT2D eigenvalue weighted by atomic mass is 10.2. The highest BCUT2D eigenvalue weighted by molar-refractivity contribution is 6.40. The van der Waals surface area contributed by atoms with Crippen LogP contribution in [0.1, 0.15) is 0 Å². The van der Waals surface area contributed by atoms with Gasteiger partial charge >= 0.3 is 11.8 Å². The molecule has 0 aliphatic heterocycles. The number of anilines is 1. The molecule has 0 radical (unpaired) electrons. The Morgan fingerprint density at radius 1 is 1.17 bits per heavy atom. The van der Waals surface area contributed by atoms with Gasteiger partial charge in [0.05, 0.1) is 17.1 Å². The summed E-state index contributed by atoms with van der Waals surface area (Å²) in [6, 6.07) is 12.0. The molecular formula is C19H18N6O5. The van der Waals surface area contributed by atoms with Crippen LogP contribution < -0.4 is 5.32 Å². The fourth-order valence-electron chi connectivity index (χ4n) is 2.79. The molecule has 0 saturated heterocycles. The Kier molecular flexibility index (Phi) is 5.83. The predicted molar refractivity (Wildman–Crippen MR) is 109 cm³/mol. The van der Waals surface area contributed by atoms with E-state index in [1.54, 1.807) is 28.8 Å². The number of aromatic nitrogens is 1. The molecule has 2 aromatic carbocycles. The van der Waals surface area contributed by atoms with E-state index in [0.29, 0.717) is 17.6 Å². The van der Waals surface area contributed by atoms with Crippen LogP contribution in [-0.2, 0) is 16.3 Å². The molecule has 0 atom stereocenters. The van der Waals surface area contributed by atoms with Crippen molar-refractivity contribution in [1.82, 2.24) is 9.47 Å². The van der Waals surface area contributed by atoms with E-state index in [4.69, 9.17) is 0 Å². The number of fused-ring (bicyclic) bond motifs is 1. The van der Waals surface area contributed by atoms with Gasteiger partial charge in [-0.25, -0.2) is 0 Å². The van der Waals surface area contributed by atoms with Crippen LogP contribution in [-0.4, -0.2) is 45.4 Å². The van der Waals surface area contributed by atoms with Gasteiger partial charge in [0, 0.05) is 23.2 Å². The van der Waals surface area contributed by atoms with Crippen molar-refractivity contribution >= 4 is 39.8 Å². The van der Waals surface area contributed by atoms with E-state index in [-0.39, 0.29) is 22.9 Å². The number of aromatic hydroxyl groups is 1. The molecule has 2 amide bonds. The predicted octanol–water partition coefficient (Wildman–Crippen LogP) is 3.02. The summed E-state index contributed by atoms with van der Waals surface area (Å²) >= 11 is 0. The number of nitrogens with one attached hydrogen (secondary N) is 1. The first kappa shape index (κ1) is 20.6. The van der Waals surface area contributed by atoms with Crippen LogP contribution in [0.5, 0.6) is 5.88 Å². The first-order valence-corrected chi connectivity index (χ1v) is 8.74. The molecule has 0 spiro atoms. The molecule has 0 bridgehead atoms. The maximum Gasteiger partial charge on any atom is 0.353 e. The molecule has 0 saturated carbocycles. The second-order valence-electron chi connectivity index (χ2n) is 6.60. The number of nitro benzene ring substituents is 1. The summed E-state index contributed by atoms with van der Waals surface area (Å²) in [6.45, 7) is 0.371. The number of hydrogen-bond donors (Lipinski definition) is 2. The molecule has 2 N–H and O–H groups in total. The quantitative estimate of drug-likeness (QED) is 0.286. The van der Waals surface area contributed by atoms with Crippen LogP contribution in [0.4, 0.5) is 17.1 Å². The minimum absolute atomic E-state index is 0.0731. The molecule has 3 rings (SSSR count). The number of non-ortho nitro benzene ring substituents is 1. The third-order valence-corrected chi connectivity index (χ3v) is 4.11. The SMILES string of the molecule is CN(C)Cn1c(O)c(N=NC(=O)C(=O)Nc2ccc([N+](=O)[O-])cc2)c2ccccc21.